The fraction of sp³-hybridized carbons (Fsp3) is 0.364. The van der Waals surface area contributed by atoms with Crippen molar-refractivity contribution >= 4 is 0 Å². The lowest BCUT2D eigenvalue weighted by Gasteiger charge is -2.22. The van der Waals surface area contributed by atoms with E-state index in [4.69, 9.17) is 14.2 Å². The minimum absolute atomic E-state index is 0.169. The Labute approximate surface area is 166 Å². The highest BCUT2D eigenvalue weighted by Crippen LogP contribution is 2.35. The second kappa shape index (κ2) is 9.48. The molecule has 1 aliphatic heterocycles. The summed E-state index contributed by atoms with van der Waals surface area (Å²) < 4.78 is 17.5. The van der Waals surface area contributed by atoms with Crippen molar-refractivity contribution in [2.45, 2.75) is 32.9 Å². The Morgan fingerprint density at radius 3 is 2.64 bits per heavy atom. The molecule has 2 aromatic rings. The Kier molecular flexibility index (Phi) is 6.79. The summed E-state index contributed by atoms with van der Waals surface area (Å²) in [4.78, 5) is 0. The number of phenolic OH excluding ortho intramolecular Hbond substituents is 1. The topological polar surface area (TPSA) is 72.0 Å². The van der Waals surface area contributed by atoms with Crippen molar-refractivity contribution in [2.75, 3.05) is 19.8 Å². The van der Waals surface area contributed by atoms with Gasteiger partial charge in [-0.3, -0.25) is 5.43 Å². The summed E-state index contributed by atoms with van der Waals surface area (Å²) in [6.45, 7) is 7.63. The van der Waals surface area contributed by atoms with Crippen LogP contribution in [-0.2, 0) is 0 Å². The molecule has 2 atom stereocenters. The highest BCUT2D eigenvalue weighted by Gasteiger charge is 2.32. The van der Waals surface area contributed by atoms with Crippen LogP contribution < -0.4 is 25.1 Å². The summed E-state index contributed by atoms with van der Waals surface area (Å²) in [5.74, 6) is 2.19. The zero-order chi connectivity index (χ0) is 19.9. The average molecular weight is 384 g/mol. The third-order valence-electron chi connectivity index (χ3n) is 4.44. The Bertz CT molecular complexity index is 818. The van der Waals surface area contributed by atoms with Crippen LogP contribution in [0.4, 0.5) is 0 Å². The van der Waals surface area contributed by atoms with Gasteiger partial charge in [-0.15, -0.1) is 0 Å². The lowest BCUT2D eigenvalue weighted by molar-refractivity contribution is 0.184. The van der Waals surface area contributed by atoms with E-state index in [9.17, 15) is 5.11 Å². The highest BCUT2D eigenvalue weighted by molar-refractivity contribution is 5.43. The predicted molar refractivity (Wildman–Crippen MR) is 109 cm³/mol. The van der Waals surface area contributed by atoms with Crippen LogP contribution in [0.15, 0.2) is 54.1 Å². The largest absolute Gasteiger partial charge is 0.507 e. The molecule has 0 bridgehead atoms. The van der Waals surface area contributed by atoms with Gasteiger partial charge in [0.05, 0.1) is 12.6 Å². The van der Waals surface area contributed by atoms with Crippen molar-refractivity contribution in [3.8, 4) is 23.0 Å². The van der Waals surface area contributed by atoms with E-state index in [0.29, 0.717) is 37.0 Å². The van der Waals surface area contributed by atoms with E-state index in [1.54, 1.807) is 6.07 Å². The maximum atomic E-state index is 10.5. The van der Waals surface area contributed by atoms with Crippen LogP contribution in [0.3, 0.4) is 0 Å². The van der Waals surface area contributed by atoms with E-state index >= 15 is 0 Å². The zero-order valence-electron chi connectivity index (χ0n) is 16.6. The molecule has 6 heteroatoms. The van der Waals surface area contributed by atoms with Crippen LogP contribution >= 0.6 is 0 Å². The van der Waals surface area contributed by atoms with Crippen LogP contribution in [-0.4, -0.2) is 31.0 Å². The van der Waals surface area contributed by atoms with Crippen molar-refractivity contribution in [1.82, 2.24) is 10.9 Å². The number of para-hydroxylation sites is 2. The lowest BCUT2D eigenvalue weighted by Crippen LogP contribution is -2.28. The van der Waals surface area contributed by atoms with Crippen LogP contribution in [0.5, 0.6) is 23.0 Å². The number of allylic oxidation sites excluding steroid dienone is 1. The number of nitrogens with one attached hydrogen (secondary N) is 2. The molecule has 28 heavy (non-hydrogen) atoms. The zero-order valence-corrected chi connectivity index (χ0v) is 16.6. The number of rotatable bonds is 8. The molecule has 0 aliphatic carbocycles. The summed E-state index contributed by atoms with van der Waals surface area (Å²) in [6, 6.07) is 12.8. The monoisotopic (exact) mass is 384 g/mol. The van der Waals surface area contributed by atoms with Gasteiger partial charge in [-0.05, 0) is 51.1 Å². The molecule has 2 aromatic carbocycles. The first-order valence-electron chi connectivity index (χ1n) is 9.54. The summed E-state index contributed by atoms with van der Waals surface area (Å²) in [5.41, 5.74) is 8.24. The molecular formula is C22H28N2O4. The van der Waals surface area contributed by atoms with Crippen LogP contribution in [0, 0.1) is 0 Å². The average Bonchev–Trinajstić information content (AvgIpc) is 3.11. The molecule has 0 spiro atoms. The van der Waals surface area contributed by atoms with E-state index in [-0.39, 0.29) is 17.9 Å². The number of hydrogen-bond donors (Lipinski definition) is 3. The minimum Gasteiger partial charge on any atom is -0.507 e. The smallest absolute Gasteiger partial charge is 0.161 e. The van der Waals surface area contributed by atoms with Gasteiger partial charge in [0.25, 0.3) is 0 Å². The SMILES string of the molecule is CCOc1ccccc1OC1CNNC1c1ccc(OCC=C(C)C)cc1O. The molecule has 0 aromatic heterocycles. The second-order valence-electron chi connectivity index (χ2n) is 6.85. The van der Waals surface area contributed by atoms with Gasteiger partial charge >= 0.3 is 0 Å². The Morgan fingerprint density at radius 2 is 1.93 bits per heavy atom. The minimum atomic E-state index is -0.207. The van der Waals surface area contributed by atoms with Crippen LogP contribution in [0.1, 0.15) is 32.4 Å². The van der Waals surface area contributed by atoms with Crippen LogP contribution in [0.25, 0.3) is 0 Å². The van der Waals surface area contributed by atoms with Gasteiger partial charge < -0.3 is 19.3 Å². The Morgan fingerprint density at radius 1 is 1.14 bits per heavy atom. The van der Waals surface area contributed by atoms with Gasteiger partial charge in [-0.1, -0.05) is 17.7 Å². The van der Waals surface area contributed by atoms with Gasteiger partial charge in [0.1, 0.15) is 24.2 Å². The van der Waals surface area contributed by atoms with Gasteiger partial charge in [-0.25, -0.2) is 5.43 Å². The molecule has 150 valence electrons. The third kappa shape index (κ3) is 4.97. The van der Waals surface area contributed by atoms with Crippen molar-refractivity contribution < 1.29 is 19.3 Å². The van der Waals surface area contributed by atoms with Gasteiger partial charge in [0, 0.05) is 18.2 Å². The van der Waals surface area contributed by atoms with Gasteiger partial charge in [0.15, 0.2) is 11.5 Å². The van der Waals surface area contributed by atoms with Gasteiger partial charge in [0.2, 0.25) is 0 Å². The molecule has 6 nitrogen and oxygen atoms in total. The van der Waals surface area contributed by atoms with E-state index in [1.165, 1.54) is 5.57 Å². The normalized spacial score (nSPS) is 18.5. The van der Waals surface area contributed by atoms with E-state index in [2.05, 4.69) is 10.9 Å². The summed E-state index contributed by atoms with van der Waals surface area (Å²) in [7, 11) is 0. The quantitative estimate of drug-likeness (QED) is 0.603. The maximum Gasteiger partial charge on any atom is 0.161 e. The van der Waals surface area contributed by atoms with Crippen molar-refractivity contribution in [1.29, 1.82) is 0 Å². The molecule has 0 radical (unpaired) electrons. The van der Waals surface area contributed by atoms with Gasteiger partial charge in [-0.2, -0.15) is 0 Å². The molecule has 1 fully saturated rings. The number of hydrogen-bond acceptors (Lipinski definition) is 6. The lowest BCUT2D eigenvalue weighted by atomic mass is 10.0. The molecule has 3 N–H and O–H groups in total. The number of benzene rings is 2. The summed E-state index contributed by atoms with van der Waals surface area (Å²) in [6.07, 6.45) is 1.79. The van der Waals surface area contributed by atoms with Crippen molar-refractivity contribution in [3.05, 3.63) is 59.7 Å². The number of hydrazine groups is 1. The third-order valence-corrected chi connectivity index (χ3v) is 4.44. The van der Waals surface area contributed by atoms with Crippen molar-refractivity contribution in [2.24, 2.45) is 0 Å². The molecule has 3 rings (SSSR count). The number of aromatic hydroxyl groups is 1. The predicted octanol–water partition coefficient (Wildman–Crippen LogP) is 3.73. The first-order valence-corrected chi connectivity index (χ1v) is 9.54. The Hall–Kier alpha value is -2.70. The van der Waals surface area contributed by atoms with E-state index in [1.807, 2.05) is 63.2 Å². The fourth-order valence-electron chi connectivity index (χ4n) is 3.03. The summed E-state index contributed by atoms with van der Waals surface area (Å²) >= 11 is 0. The molecule has 0 amide bonds. The summed E-state index contributed by atoms with van der Waals surface area (Å²) in [5, 5.41) is 10.5. The maximum absolute atomic E-state index is 10.5. The molecule has 0 saturated carbocycles. The molecule has 1 heterocycles. The first-order chi connectivity index (χ1) is 13.6. The number of ether oxygens (including phenoxy) is 3. The standard InChI is InChI=1S/C22H28N2O4/c1-4-26-19-7-5-6-8-20(19)28-21-14-23-24-22(21)17-10-9-16(13-18(17)25)27-12-11-15(2)3/h5-11,13,21-25H,4,12,14H2,1-3H3. The molecular weight excluding hydrogens is 356 g/mol. The highest BCUT2D eigenvalue weighted by atomic mass is 16.5. The van der Waals surface area contributed by atoms with E-state index < -0.39 is 0 Å². The second-order valence-corrected chi connectivity index (χ2v) is 6.85. The molecule has 1 aliphatic rings. The molecule has 2 unspecified atom stereocenters. The Balaban J connectivity index is 1.73. The molecule has 1 saturated heterocycles. The fourth-order valence-corrected chi connectivity index (χ4v) is 3.03. The van der Waals surface area contributed by atoms with Crippen LogP contribution in [0.2, 0.25) is 0 Å². The van der Waals surface area contributed by atoms with Crippen molar-refractivity contribution in [3.63, 3.8) is 0 Å². The number of phenols is 1. The van der Waals surface area contributed by atoms with E-state index in [0.717, 1.165) is 5.56 Å². The first kappa shape index (κ1) is 20.0.